The number of rotatable bonds is 3. The molecule has 1 aliphatic heterocycles. The van der Waals surface area contributed by atoms with Gasteiger partial charge in [0.25, 0.3) is 11.8 Å². The fourth-order valence-corrected chi connectivity index (χ4v) is 2.93. The molecule has 25 heavy (non-hydrogen) atoms. The summed E-state index contributed by atoms with van der Waals surface area (Å²) >= 11 is 3.33. The summed E-state index contributed by atoms with van der Waals surface area (Å²) in [6.07, 6.45) is 2.31. The van der Waals surface area contributed by atoms with Crippen molar-refractivity contribution in [1.82, 2.24) is 9.88 Å². The molecule has 6 nitrogen and oxygen atoms in total. The second-order valence-corrected chi connectivity index (χ2v) is 6.83. The molecule has 0 bridgehead atoms. The van der Waals surface area contributed by atoms with Gasteiger partial charge < -0.3 is 15.3 Å². The molecular weight excluding hydrogens is 386 g/mol. The summed E-state index contributed by atoms with van der Waals surface area (Å²) in [6, 6.07) is 10.2. The average molecular weight is 404 g/mol. The summed E-state index contributed by atoms with van der Waals surface area (Å²) in [5.41, 5.74) is 1.33. The molecule has 7 heteroatoms. The molecule has 1 aromatic carbocycles. The zero-order chi connectivity index (χ0) is 17.8. The lowest BCUT2D eigenvalue weighted by Crippen LogP contribution is -2.40. The number of likely N-dealkylation sites (tertiary alicyclic amines) is 1. The van der Waals surface area contributed by atoms with Crippen LogP contribution in [0.5, 0.6) is 0 Å². The van der Waals surface area contributed by atoms with Crippen LogP contribution in [0.4, 0.5) is 5.69 Å². The smallest absolute Gasteiger partial charge is 0.272 e. The number of hydrogen-bond acceptors (Lipinski definition) is 4. The Kier molecular flexibility index (Phi) is 5.45. The third-order valence-electron chi connectivity index (χ3n) is 4.10. The Morgan fingerprint density at radius 3 is 2.52 bits per heavy atom. The zero-order valence-electron chi connectivity index (χ0n) is 13.5. The molecule has 1 saturated heterocycles. The number of nitrogens with zero attached hydrogens (tertiary/aromatic N) is 2. The van der Waals surface area contributed by atoms with Crippen LogP contribution in [-0.2, 0) is 0 Å². The van der Waals surface area contributed by atoms with Crippen LogP contribution in [-0.4, -0.2) is 46.0 Å². The van der Waals surface area contributed by atoms with Gasteiger partial charge in [-0.15, -0.1) is 0 Å². The number of carbonyl (C=O) groups is 2. The summed E-state index contributed by atoms with van der Waals surface area (Å²) in [5.74, 6) is -0.440. The SMILES string of the molecule is O=C(Nc1ccnc(C(=O)N2CCC(O)CC2)c1)c1ccc(Br)cc1. The van der Waals surface area contributed by atoms with E-state index >= 15 is 0 Å². The molecule has 0 aliphatic carbocycles. The van der Waals surface area contributed by atoms with E-state index in [2.05, 4.69) is 26.2 Å². The number of hydrogen-bond donors (Lipinski definition) is 2. The standard InChI is InChI=1S/C18H18BrN3O3/c19-13-3-1-12(2-4-13)17(24)21-14-5-8-20-16(11-14)18(25)22-9-6-15(23)7-10-22/h1-5,8,11,15,23H,6-7,9-10H2,(H,20,21,24). The molecule has 0 unspecified atom stereocenters. The van der Waals surface area contributed by atoms with Gasteiger partial charge in [-0.3, -0.25) is 14.6 Å². The molecule has 3 rings (SSSR count). The molecule has 130 valence electrons. The number of aliphatic hydroxyl groups is 1. The van der Waals surface area contributed by atoms with Crippen molar-refractivity contribution in [2.45, 2.75) is 18.9 Å². The van der Waals surface area contributed by atoms with Gasteiger partial charge in [0.1, 0.15) is 5.69 Å². The van der Waals surface area contributed by atoms with Crippen molar-refractivity contribution in [2.24, 2.45) is 0 Å². The molecule has 2 aromatic rings. The molecule has 1 fully saturated rings. The number of benzene rings is 1. The third-order valence-corrected chi connectivity index (χ3v) is 4.62. The van der Waals surface area contributed by atoms with Crippen LogP contribution >= 0.6 is 15.9 Å². The van der Waals surface area contributed by atoms with Crippen molar-refractivity contribution in [3.63, 3.8) is 0 Å². The van der Waals surface area contributed by atoms with Crippen LogP contribution in [0.3, 0.4) is 0 Å². The van der Waals surface area contributed by atoms with E-state index in [1.165, 1.54) is 6.20 Å². The van der Waals surface area contributed by atoms with Gasteiger partial charge in [-0.05, 0) is 49.2 Å². The maximum atomic E-state index is 12.5. The molecule has 2 N–H and O–H groups in total. The van der Waals surface area contributed by atoms with E-state index in [1.807, 2.05) is 0 Å². The van der Waals surface area contributed by atoms with Crippen LogP contribution in [0.2, 0.25) is 0 Å². The second-order valence-electron chi connectivity index (χ2n) is 5.91. The van der Waals surface area contributed by atoms with Gasteiger partial charge >= 0.3 is 0 Å². The summed E-state index contributed by atoms with van der Waals surface area (Å²) in [4.78, 5) is 30.6. The minimum atomic E-state index is -0.339. The Labute approximate surface area is 154 Å². The van der Waals surface area contributed by atoms with Gasteiger partial charge in [-0.25, -0.2) is 0 Å². The van der Waals surface area contributed by atoms with E-state index in [4.69, 9.17) is 0 Å². The van der Waals surface area contributed by atoms with E-state index in [9.17, 15) is 14.7 Å². The minimum Gasteiger partial charge on any atom is -0.393 e. The quantitative estimate of drug-likeness (QED) is 0.824. The predicted octanol–water partition coefficient (Wildman–Crippen LogP) is 2.69. The highest BCUT2D eigenvalue weighted by Crippen LogP contribution is 2.16. The zero-order valence-corrected chi connectivity index (χ0v) is 15.1. The first-order chi connectivity index (χ1) is 12.0. The maximum absolute atomic E-state index is 12.5. The lowest BCUT2D eigenvalue weighted by atomic mass is 10.1. The predicted molar refractivity (Wildman–Crippen MR) is 97.5 cm³/mol. The molecule has 1 aromatic heterocycles. The van der Waals surface area contributed by atoms with Gasteiger partial charge in [0.05, 0.1) is 6.10 Å². The highest BCUT2D eigenvalue weighted by molar-refractivity contribution is 9.10. The first-order valence-corrected chi connectivity index (χ1v) is 8.82. The van der Waals surface area contributed by atoms with Crippen LogP contribution in [0, 0.1) is 0 Å². The molecule has 0 saturated carbocycles. The van der Waals surface area contributed by atoms with Crippen molar-refractivity contribution < 1.29 is 14.7 Å². The topological polar surface area (TPSA) is 82.5 Å². The lowest BCUT2D eigenvalue weighted by molar-refractivity contribution is 0.0541. The van der Waals surface area contributed by atoms with Crippen LogP contribution in [0.25, 0.3) is 0 Å². The van der Waals surface area contributed by atoms with E-state index in [0.29, 0.717) is 37.2 Å². The van der Waals surface area contributed by atoms with E-state index < -0.39 is 0 Å². The van der Waals surface area contributed by atoms with Crippen LogP contribution in [0.15, 0.2) is 47.1 Å². The number of anilines is 1. The number of pyridine rings is 1. The Balaban J connectivity index is 1.69. The van der Waals surface area contributed by atoms with Crippen molar-refractivity contribution in [3.8, 4) is 0 Å². The molecule has 0 radical (unpaired) electrons. The Morgan fingerprint density at radius 2 is 1.84 bits per heavy atom. The van der Waals surface area contributed by atoms with Crippen molar-refractivity contribution in [1.29, 1.82) is 0 Å². The molecule has 0 spiro atoms. The number of halogens is 1. The average Bonchev–Trinajstić information content (AvgIpc) is 2.62. The summed E-state index contributed by atoms with van der Waals surface area (Å²) in [5, 5.41) is 12.3. The number of aromatic nitrogens is 1. The minimum absolute atomic E-state index is 0.188. The van der Waals surface area contributed by atoms with E-state index in [0.717, 1.165) is 4.47 Å². The number of nitrogens with one attached hydrogen (secondary N) is 1. The number of amides is 2. The van der Waals surface area contributed by atoms with Gasteiger partial charge in [0.2, 0.25) is 0 Å². The highest BCUT2D eigenvalue weighted by atomic mass is 79.9. The van der Waals surface area contributed by atoms with Gasteiger partial charge in [0.15, 0.2) is 0 Å². The maximum Gasteiger partial charge on any atom is 0.272 e. The number of piperidine rings is 1. The number of carbonyl (C=O) groups excluding carboxylic acids is 2. The van der Waals surface area contributed by atoms with Gasteiger partial charge in [-0.1, -0.05) is 15.9 Å². The largest absolute Gasteiger partial charge is 0.393 e. The molecule has 2 amide bonds. The van der Waals surface area contributed by atoms with Crippen molar-refractivity contribution in [2.75, 3.05) is 18.4 Å². The summed E-state index contributed by atoms with van der Waals surface area (Å²) in [7, 11) is 0. The molecule has 2 heterocycles. The number of aliphatic hydroxyl groups excluding tert-OH is 1. The lowest BCUT2D eigenvalue weighted by Gasteiger charge is -2.29. The van der Waals surface area contributed by atoms with Crippen molar-refractivity contribution >= 4 is 33.4 Å². The fourth-order valence-electron chi connectivity index (χ4n) is 2.66. The normalized spacial score (nSPS) is 15.0. The molecule has 1 aliphatic rings. The molecular formula is C18H18BrN3O3. The van der Waals surface area contributed by atoms with Gasteiger partial charge in [-0.2, -0.15) is 0 Å². The third kappa shape index (κ3) is 4.43. The second kappa shape index (κ2) is 7.76. The Hall–Kier alpha value is -2.25. The summed E-state index contributed by atoms with van der Waals surface area (Å²) in [6.45, 7) is 1.02. The first-order valence-electron chi connectivity index (χ1n) is 8.03. The highest BCUT2D eigenvalue weighted by Gasteiger charge is 2.23. The Bertz CT molecular complexity index is 771. The molecule has 0 atom stereocenters. The van der Waals surface area contributed by atoms with E-state index in [-0.39, 0.29) is 23.6 Å². The Morgan fingerprint density at radius 1 is 1.16 bits per heavy atom. The van der Waals surface area contributed by atoms with Crippen molar-refractivity contribution in [3.05, 3.63) is 58.3 Å². The van der Waals surface area contributed by atoms with Crippen LogP contribution < -0.4 is 5.32 Å². The van der Waals surface area contributed by atoms with Crippen LogP contribution in [0.1, 0.15) is 33.7 Å². The van der Waals surface area contributed by atoms with Gasteiger partial charge in [0, 0.05) is 35.0 Å². The van der Waals surface area contributed by atoms with E-state index in [1.54, 1.807) is 41.3 Å². The monoisotopic (exact) mass is 403 g/mol. The summed E-state index contributed by atoms with van der Waals surface area (Å²) < 4.78 is 0.896. The first kappa shape index (κ1) is 17.6. The fraction of sp³-hybridized carbons (Fsp3) is 0.278.